The number of benzene rings is 1. The Morgan fingerprint density at radius 2 is 2.11 bits per heavy atom. The molecule has 1 aliphatic heterocycles. The minimum absolute atomic E-state index is 0.113. The number of rotatable bonds is 5. The van der Waals surface area contributed by atoms with E-state index in [9.17, 15) is 8.42 Å². The van der Waals surface area contributed by atoms with E-state index in [1.807, 2.05) is 36.5 Å². The fourth-order valence-electron chi connectivity index (χ4n) is 2.00. The molecule has 4 nitrogen and oxygen atoms in total. The summed E-state index contributed by atoms with van der Waals surface area (Å²) in [4.78, 5) is 4.30. The van der Waals surface area contributed by atoms with Gasteiger partial charge in [0.2, 0.25) is 0 Å². The molecule has 0 saturated carbocycles. The number of hydrogen-bond acceptors (Lipinski definition) is 4. The summed E-state index contributed by atoms with van der Waals surface area (Å²) >= 11 is 0. The molecule has 1 N–H and O–H groups in total. The molecule has 0 radical (unpaired) electrons. The topological polar surface area (TPSA) is 58.5 Å². The van der Waals surface area contributed by atoms with Crippen molar-refractivity contribution in [2.24, 2.45) is 4.99 Å². The zero-order valence-corrected chi connectivity index (χ0v) is 11.1. The maximum absolute atomic E-state index is 11.2. The van der Waals surface area contributed by atoms with Crippen LogP contribution in [-0.4, -0.2) is 45.3 Å². The summed E-state index contributed by atoms with van der Waals surface area (Å²) < 4.78 is 22.5. The third-order valence-corrected chi connectivity index (χ3v) is 4.71. The largest absolute Gasteiger partial charge is 0.311 e. The van der Waals surface area contributed by atoms with Gasteiger partial charge in [-0.3, -0.25) is 4.99 Å². The molecule has 0 spiro atoms. The highest BCUT2D eigenvalue weighted by molar-refractivity contribution is 7.91. The van der Waals surface area contributed by atoms with Crippen LogP contribution >= 0.6 is 0 Å². The lowest BCUT2D eigenvalue weighted by atomic mass is 10.2. The number of aliphatic imine (C=N–C) groups is 1. The molecule has 1 heterocycles. The molecule has 98 valence electrons. The SMILES string of the molecule is O=S1(=O)CC[C@H](NCCN=Cc2ccccc2)C1. The van der Waals surface area contributed by atoms with Gasteiger partial charge in [-0.15, -0.1) is 0 Å². The van der Waals surface area contributed by atoms with Crippen LogP contribution in [0.5, 0.6) is 0 Å². The van der Waals surface area contributed by atoms with Gasteiger partial charge in [-0.25, -0.2) is 8.42 Å². The van der Waals surface area contributed by atoms with Crippen LogP contribution in [0.15, 0.2) is 35.3 Å². The van der Waals surface area contributed by atoms with Crippen LogP contribution < -0.4 is 5.32 Å². The van der Waals surface area contributed by atoms with E-state index in [0.29, 0.717) is 12.3 Å². The summed E-state index contributed by atoms with van der Waals surface area (Å²) in [6.07, 6.45) is 2.57. The fourth-order valence-corrected chi connectivity index (χ4v) is 3.71. The lowest BCUT2D eigenvalue weighted by Gasteiger charge is -2.08. The average Bonchev–Trinajstić information content (AvgIpc) is 2.70. The van der Waals surface area contributed by atoms with E-state index in [0.717, 1.165) is 18.5 Å². The Balaban J connectivity index is 1.66. The van der Waals surface area contributed by atoms with Crippen LogP contribution in [-0.2, 0) is 9.84 Å². The van der Waals surface area contributed by atoms with Crippen LogP contribution in [0, 0.1) is 0 Å². The van der Waals surface area contributed by atoms with E-state index in [-0.39, 0.29) is 11.8 Å². The second-order valence-corrected chi connectivity index (χ2v) is 6.73. The molecule has 5 heteroatoms. The Kier molecular flexibility index (Phi) is 4.49. The van der Waals surface area contributed by atoms with E-state index < -0.39 is 9.84 Å². The predicted octanol–water partition coefficient (Wildman–Crippen LogP) is 0.882. The van der Waals surface area contributed by atoms with Crippen molar-refractivity contribution < 1.29 is 8.42 Å². The van der Waals surface area contributed by atoms with Crippen molar-refractivity contribution in [3.05, 3.63) is 35.9 Å². The van der Waals surface area contributed by atoms with Crippen molar-refractivity contribution in [3.63, 3.8) is 0 Å². The van der Waals surface area contributed by atoms with Crippen LogP contribution in [0.2, 0.25) is 0 Å². The van der Waals surface area contributed by atoms with Gasteiger partial charge in [0.15, 0.2) is 9.84 Å². The van der Waals surface area contributed by atoms with Gasteiger partial charge in [-0.2, -0.15) is 0 Å². The van der Waals surface area contributed by atoms with Crippen LogP contribution in [0.1, 0.15) is 12.0 Å². The van der Waals surface area contributed by atoms with Gasteiger partial charge < -0.3 is 5.32 Å². The van der Waals surface area contributed by atoms with Crippen LogP contribution in [0.4, 0.5) is 0 Å². The molecular weight excluding hydrogens is 248 g/mol. The number of sulfone groups is 1. The van der Waals surface area contributed by atoms with Gasteiger partial charge in [-0.05, 0) is 12.0 Å². The molecule has 0 aliphatic carbocycles. The Labute approximate surface area is 108 Å². The summed E-state index contributed by atoms with van der Waals surface area (Å²) in [6.45, 7) is 1.40. The quantitative estimate of drug-likeness (QED) is 0.636. The molecule has 1 aromatic rings. The van der Waals surface area contributed by atoms with Crippen molar-refractivity contribution in [2.45, 2.75) is 12.5 Å². The maximum Gasteiger partial charge on any atom is 0.151 e. The summed E-state index contributed by atoms with van der Waals surface area (Å²) in [7, 11) is -2.78. The zero-order valence-electron chi connectivity index (χ0n) is 10.2. The molecule has 2 rings (SSSR count). The highest BCUT2D eigenvalue weighted by atomic mass is 32.2. The normalized spacial score (nSPS) is 22.6. The number of hydrogen-bond donors (Lipinski definition) is 1. The third kappa shape index (κ3) is 4.23. The van der Waals surface area contributed by atoms with E-state index in [2.05, 4.69) is 10.3 Å². The van der Waals surface area contributed by atoms with E-state index in [1.165, 1.54) is 0 Å². The Bertz CT molecular complexity index is 497. The van der Waals surface area contributed by atoms with Gasteiger partial charge in [0.05, 0.1) is 18.1 Å². The second kappa shape index (κ2) is 6.11. The molecule has 0 aromatic heterocycles. The van der Waals surface area contributed by atoms with Crippen LogP contribution in [0.25, 0.3) is 0 Å². The van der Waals surface area contributed by atoms with Crippen molar-refractivity contribution >= 4 is 16.1 Å². The molecule has 1 aliphatic rings. The molecule has 0 unspecified atom stereocenters. The maximum atomic E-state index is 11.2. The van der Waals surface area contributed by atoms with E-state index >= 15 is 0 Å². The third-order valence-electron chi connectivity index (χ3n) is 2.95. The molecule has 1 saturated heterocycles. The van der Waals surface area contributed by atoms with Gasteiger partial charge in [0, 0.05) is 18.8 Å². The highest BCUT2D eigenvalue weighted by Crippen LogP contribution is 2.10. The summed E-state index contributed by atoms with van der Waals surface area (Å²) in [5.41, 5.74) is 1.08. The Morgan fingerprint density at radius 1 is 1.33 bits per heavy atom. The molecule has 18 heavy (non-hydrogen) atoms. The zero-order chi connectivity index (χ0) is 12.8. The first kappa shape index (κ1) is 13.2. The van der Waals surface area contributed by atoms with E-state index in [1.54, 1.807) is 0 Å². The Hall–Kier alpha value is -1.20. The number of nitrogens with zero attached hydrogens (tertiary/aromatic N) is 1. The van der Waals surface area contributed by atoms with Crippen molar-refractivity contribution in [3.8, 4) is 0 Å². The predicted molar refractivity (Wildman–Crippen MR) is 74.0 cm³/mol. The minimum Gasteiger partial charge on any atom is -0.311 e. The Morgan fingerprint density at radius 3 is 2.78 bits per heavy atom. The first-order chi connectivity index (χ1) is 8.66. The highest BCUT2D eigenvalue weighted by Gasteiger charge is 2.26. The van der Waals surface area contributed by atoms with Gasteiger partial charge in [-0.1, -0.05) is 30.3 Å². The molecule has 1 fully saturated rings. The molecule has 0 amide bonds. The summed E-state index contributed by atoms with van der Waals surface area (Å²) in [5.74, 6) is 0.591. The monoisotopic (exact) mass is 266 g/mol. The fraction of sp³-hybridized carbons (Fsp3) is 0.462. The van der Waals surface area contributed by atoms with Gasteiger partial charge in [0.25, 0.3) is 0 Å². The number of nitrogens with one attached hydrogen (secondary N) is 1. The summed E-state index contributed by atoms with van der Waals surface area (Å²) in [5, 5.41) is 3.23. The van der Waals surface area contributed by atoms with E-state index in [4.69, 9.17) is 0 Å². The first-order valence-electron chi connectivity index (χ1n) is 6.14. The van der Waals surface area contributed by atoms with Crippen molar-refractivity contribution in [1.82, 2.24) is 5.32 Å². The standard InChI is InChI=1S/C13H18N2O2S/c16-18(17)9-6-13(11-18)15-8-7-14-10-12-4-2-1-3-5-12/h1-5,10,13,15H,6-9,11H2/t13-/m0/s1. The smallest absolute Gasteiger partial charge is 0.151 e. The van der Waals surface area contributed by atoms with Crippen molar-refractivity contribution in [2.75, 3.05) is 24.6 Å². The molecular formula is C13H18N2O2S. The molecule has 1 atom stereocenters. The molecule has 0 bridgehead atoms. The van der Waals surface area contributed by atoms with Gasteiger partial charge in [0.1, 0.15) is 0 Å². The second-order valence-electron chi connectivity index (χ2n) is 4.50. The molecule has 1 aromatic carbocycles. The lowest BCUT2D eigenvalue weighted by molar-refractivity contribution is 0.561. The minimum atomic E-state index is -2.78. The van der Waals surface area contributed by atoms with Crippen molar-refractivity contribution in [1.29, 1.82) is 0 Å². The van der Waals surface area contributed by atoms with Gasteiger partial charge >= 0.3 is 0 Å². The van der Waals surface area contributed by atoms with Crippen LogP contribution in [0.3, 0.4) is 0 Å². The lowest BCUT2D eigenvalue weighted by Crippen LogP contribution is -2.32. The first-order valence-corrected chi connectivity index (χ1v) is 7.96. The average molecular weight is 266 g/mol. The summed E-state index contributed by atoms with van der Waals surface area (Å²) in [6, 6.07) is 10.0.